The van der Waals surface area contributed by atoms with E-state index in [1.807, 2.05) is 18.3 Å². The maximum absolute atomic E-state index is 12.8. The second-order valence-corrected chi connectivity index (χ2v) is 8.27. The number of fused-ring (bicyclic) bond motifs is 1. The highest BCUT2D eigenvalue weighted by molar-refractivity contribution is 6.00. The van der Waals surface area contributed by atoms with Crippen LogP contribution in [0.15, 0.2) is 47.1 Å². The van der Waals surface area contributed by atoms with E-state index in [4.69, 9.17) is 9.15 Å². The molecule has 8 heteroatoms. The number of aromatic nitrogens is 2. The normalized spacial score (nSPS) is 20.0. The van der Waals surface area contributed by atoms with Crippen LogP contribution in [0.1, 0.15) is 46.9 Å². The number of hydrogen-bond acceptors (Lipinski definition) is 5. The monoisotopic (exact) mass is 410 g/mol. The van der Waals surface area contributed by atoms with Gasteiger partial charge in [-0.1, -0.05) is 13.8 Å². The zero-order chi connectivity index (χ0) is 21.3. The first-order valence-electron chi connectivity index (χ1n) is 9.99. The van der Waals surface area contributed by atoms with Crippen LogP contribution in [0.25, 0.3) is 5.52 Å². The molecule has 0 aromatic carbocycles. The molecule has 0 spiro atoms. The highest BCUT2D eigenvalue weighted by Crippen LogP contribution is 2.46. The second-order valence-electron chi connectivity index (χ2n) is 8.27. The highest BCUT2D eigenvalue weighted by Gasteiger charge is 2.48. The van der Waals surface area contributed by atoms with Crippen LogP contribution in [0.2, 0.25) is 0 Å². The number of nitrogens with one attached hydrogen (secondary N) is 2. The van der Waals surface area contributed by atoms with E-state index < -0.39 is 0 Å². The van der Waals surface area contributed by atoms with Gasteiger partial charge in [-0.2, -0.15) is 5.10 Å². The summed E-state index contributed by atoms with van der Waals surface area (Å²) in [6, 6.07) is 8.86. The number of carbonyl (C=O) groups excluding carboxylic acids is 2. The number of rotatable bonds is 7. The summed E-state index contributed by atoms with van der Waals surface area (Å²) in [4.78, 5) is 25.2. The Morgan fingerprint density at radius 1 is 1.27 bits per heavy atom. The SMILES string of the molecule is COCc1ccc(C(=O)NCC2CC(NC(=O)c3cccn4nccc34)C2(C)C)o1. The predicted molar refractivity (Wildman–Crippen MR) is 110 cm³/mol. The number of ether oxygens (including phenoxy) is 1. The van der Waals surface area contributed by atoms with Crippen molar-refractivity contribution in [1.29, 1.82) is 0 Å². The van der Waals surface area contributed by atoms with E-state index in [-0.39, 0.29) is 34.9 Å². The van der Waals surface area contributed by atoms with Gasteiger partial charge in [0.15, 0.2) is 5.76 Å². The smallest absolute Gasteiger partial charge is 0.287 e. The van der Waals surface area contributed by atoms with E-state index in [9.17, 15) is 9.59 Å². The van der Waals surface area contributed by atoms with Crippen LogP contribution >= 0.6 is 0 Å². The summed E-state index contributed by atoms with van der Waals surface area (Å²) in [7, 11) is 1.58. The average Bonchev–Trinajstić information content (AvgIpc) is 3.39. The fourth-order valence-corrected chi connectivity index (χ4v) is 4.01. The standard InChI is InChI=1S/C22H26N4O4/c1-22(2)14(12-23-21(28)18-7-6-15(30-18)13-29-3)11-19(22)25-20(27)16-5-4-10-26-17(16)8-9-24-26/h4-10,14,19H,11-13H2,1-3H3,(H,23,28)(H,25,27). The van der Waals surface area contributed by atoms with E-state index in [2.05, 4.69) is 29.6 Å². The van der Waals surface area contributed by atoms with E-state index in [0.717, 1.165) is 11.9 Å². The maximum Gasteiger partial charge on any atom is 0.287 e. The van der Waals surface area contributed by atoms with E-state index in [0.29, 0.717) is 24.5 Å². The minimum Gasteiger partial charge on any atom is -0.453 e. The van der Waals surface area contributed by atoms with Gasteiger partial charge in [-0.05, 0) is 48.1 Å². The molecule has 0 radical (unpaired) electrons. The van der Waals surface area contributed by atoms with Crippen LogP contribution in [-0.4, -0.2) is 41.1 Å². The molecule has 3 heterocycles. The van der Waals surface area contributed by atoms with Gasteiger partial charge in [0.25, 0.3) is 11.8 Å². The summed E-state index contributed by atoms with van der Waals surface area (Å²) in [5.74, 6) is 0.794. The van der Waals surface area contributed by atoms with Crippen LogP contribution in [0.3, 0.4) is 0 Å². The predicted octanol–water partition coefficient (Wildman–Crippen LogP) is 2.65. The summed E-state index contributed by atoms with van der Waals surface area (Å²) in [6.45, 7) is 5.08. The van der Waals surface area contributed by atoms with Gasteiger partial charge in [-0.3, -0.25) is 9.59 Å². The van der Waals surface area contributed by atoms with E-state index in [1.54, 1.807) is 36.0 Å². The average molecular weight is 410 g/mol. The van der Waals surface area contributed by atoms with Gasteiger partial charge < -0.3 is 19.8 Å². The topological polar surface area (TPSA) is 97.9 Å². The lowest BCUT2D eigenvalue weighted by atomic mass is 9.58. The van der Waals surface area contributed by atoms with Crippen molar-refractivity contribution >= 4 is 17.3 Å². The number of hydrogen-bond donors (Lipinski definition) is 2. The first-order valence-corrected chi connectivity index (χ1v) is 9.99. The fourth-order valence-electron chi connectivity index (χ4n) is 4.01. The Balaban J connectivity index is 1.32. The largest absolute Gasteiger partial charge is 0.453 e. The van der Waals surface area contributed by atoms with E-state index in [1.165, 1.54) is 0 Å². The van der Waals surface area contributed by atoms with Gasteiger partial charge >= 0.3 is 0 Å². The van der Waals surface area contributed by atoms with Crippen molar-refractivity contribution in [1.82, 2.24) is 20.2 Å². The number of amides is 2. The second kappa shape index (κ2) is 7.95. The number of methoxy groups -OCH3 is 1. The lowest BCUT2D eigenvalue weighted by Crippen LogP contribution is -2.60. The Morgan fingerprint density at radius 3 is 2.87 bits per heavy atom. The Bertz CT molecular complexity index is 1070. The molecule has 1 fully saturated rings. The van der Waals surface area contributed by atoms with Crippen molar-refractivity contribution in [2.75, 3.05) is 13.7 Å². The van der Waals surface area contributed by atoms with Crippen molar-refractivity contribution in [2.24, 2.45) is 11.3 Å². The van der Waals surface area contributed by atoms with Crippen molar-refractivity contribution < 1.29 is 18.7 Å². The Labute approximate surface area is 174 Å². The molecule has 0 saturated heterocycles. The number of pyridine rings is 1. The van der Waals surface area contributed by atoms with Crippen LogP contribution in [0.5, 0.6) is 0 Å². The molecule has 0 aliphatic heterocycles. The van der Waals surface area contributed by atoms with Crippen LogP contribution < -0.4 is 10.6 Å². The zero-order valence-corrected chi connectivity index (χ0v) is 17.3. The Morgan fingerprint density at radius 2 is 2.10 bits per heavy atom. The Hall–Kier alpha value is -3.13. The molecule has 4 rings (SSSR count). The number of nitrogens with zero attached hydrogens (tertiary/aromatic N) is 2. The molecule has 1 saturated carbocycles. The molecule has 2 amide bonds. The first-order chi connectivity index (χ1) is 14.4. The summed E-state index contributed by atoms with van der Waals surface area (Å²) >= 11 is 0. The summed E-state index contributed by atoms with van der Waals surface area (Å²) in [5.41, 5.74) is 1.24. The molecule has 2 N–H and O–H groups in total. The molecule has 1 aliphatic rings. The molecule has 2 atom stereocenters. The zero-order valence-electron chi connectivity index (χ0n) is 17.3. The van der Waals surface area contributed by atoms with Gasteiger partial charge in [0.1, 0.15) is 12.4 Å². The van der Waals surface area contributed by atoms with Gasteiger partial charge in [0.2, 0.25) is 0 Å². The molecular weight excluding hydrogens is 384 g/mol. The lowest BCUT2D eigenvalue weighted by molar-refractivity contribution is 0.0148. The maximum atomic E-state index is 12.8. The van der Waals surface area contributed by atoms with Crippen molar-refractivity contribution in [2.45, 2.75) is 32.9 Å². The minimum absolute atomic E-state index is 0.0343. The third kappa shape index (κ3) is 3.70. The molecule has 158 valence electrons. The van der Waals surface area contributed by atoms with Gasteiger partial charge in [-0.15, -0.1) is 0 Å². The molecule has 3 aromatic rings. The summed E-state index contributed by atoms with van der Waals surface area (Å²) < 4.78 is 12.2. The molecule has 8 nitrogen and oxygen atoms in total. The summed E-state index contributed by atoms with van der Waals surface area (Å²) in [5, 5.41) is 10.3. The molecule has 30 heavy (non-hydrogen) atoms. The first kappa shape index (κ1) is 20.2. The van der Waals surface area contributed by atoms with Crippen LogP contribution in [0.4, 0.5) is 0 Å². The van der Waals surface area contributed by atoms with Gasteiger partial charge in [-0.25, -0.2) is 4.52 Å². The number of carbonyl (C=O) groups is 2. The van der Waals surface area contributed by atoms with E-state index >= 15 is 0 Å². The van der Waals surface area contributed by atoms with Crippen molar-refractivity contribution in [3.05, 3.63) is 59.8 Å². The summed E-state index contributed by atoms with van der Waals surface area (Å²) in [6.07, 6.45) is 4.29. The van der Waals surface area contributed by atoms with Gasteiger partial charge in [0.05, 0.1) is 17.3 Å². The fraction of sp³-hybridized carbons (Fsp3) is 0.409. The molecule has 0 bridgehead atoms. The molecular formula is C22H26N4O4. The van der Waals surface area contributed by atoms with Crippen LogP contribution in [0, 0.1) is 11.3 Å². The number of furan rings is 1. The molecule has 1 aliphatic carbocycles. The lowest BCUT2D eigenvalue weighted by Gasteiger charge is -2.52. The quantitative estimate of drug-likeness (QED) is 0.624. The molecule has 2 unspecified atom stereocenters. The third-order valence-electron chi connectivity index (χ3n) is 6.14. The Kier molecular flexibility index (Phi) is 5.34. The minimum atomic E-state index is -0.243. The van der Waals surface area contributed by atoms with Crippen LogP contribution in [-0.2, 0) is 11.3 Å². The molecule has 3 aromatic heterocycles. The highest BCUT2D eigenvalue weighted by atomic mass is 16.5. The van der Waals surface area contributed by atoms with Gasteiger partial charge in [0, 0.05) is 25.9 Å². The van der Waals surface area contributed by atoms with Crippen molar-refractivity contribution in [3.63, 3.8) is 0 Å². The van der Waals surface area contributed by atoms with Crippen molar-refractivity contribution in [3.8, 4) is 0 Å². The third-order valence-corrected chi connectivity index (χ3v) is 6.14.